The number of fused-ring (bicyclic) bond motifs is 1. The van der Waals surface area contributed by atoms with Crippen molar-refractivity contribution >= 4 is 17.7 Å². The molecule has 8 nitrogen and oxygen atoms in total. The molecule has 3 heterocycles. The van der Waals surface area contributed by atoms with Crippen molar-refractivity contribution in [3.63, 3.8) is 0 Å². The van der Waals surface area contributed by atoms with Crippen LogP contribution in [0.4, 0.5) is 0 Å². The first-order valence-electron chi connectivity index (χ1n) is 12.2. The van der Waals surface area contributed by atoms with Crippen molar-refractivity contribution in [2.75, 3.05) is 19.8 Å². The van der Waals surface area contributed by atoms with E-state index in [-0.39, 0.29) is 35.7 Å². The lowest BCUT2D eigenvalue weighted by Gasteiger charge is -2.40. The number of rotatable bonds is 6. The van der Waals surface area contributed by atoms with Crippen LogP contribution in [0.1, 0.15) is 67.8 Å². The molecule has 4 aliphatic rings. The molecule has 0 radical (unpaired) electrons. The molecule has 0 aromatic heterocycles. The quantitative estimate of drug-likeness (QED) is 0.504. The van der Waals surface area contributed by atoms with Crippen LogP contribution in [-0.4, -0.2) is 60.6 Å². The summed E-state index contributed by atoms with van der Waals surface area (Å²) in [6, 6.07) is 5.32. The number of piperidine rings is 1. The van der Waals surface area contributed by atoms with Gasteiger partial charge in [0.15, 0.2) is 0 Å². The first-order valence-corrected chi connectivity index (χ1v) is 12.2. The van der Waals surface area contributed by atoms with Gasteiger partial charge in [-0.15, -0.1) is 0 Å². The lowest BCUT2D eigenvalue weighted by Crippen LogP contribution is -2.52. The molecule has 178 valence electrons. The van der Waals surface area contributed by atoms with E-state index in [0.717, 1.165) is 50.3 Å². The van der Waals surface area contributed by atoms with Crippen LogP contribution in [0.2, 0.25) is 0 Å². The molecule has 2 N–H and O–H groups in total. The predicted octanol–water partition coefficient (Wildman–Crippen LogP) is 2.15. The number of imide groups is 1. The highest BCUT2D eigenvalue weighted by Crippen LogP contribution is 2.32. The van der Waals surface area contributed by atoms with Gasteiger partial charge >= 0.3 is 0 Å². The lowest BCUT2D eigenvalue weighted by molar-refractivity contribution is -0.136. The Balaban J connectivity index is 1.26. The van der Waals surface area contributed by atoms with Crippen LogP contribution in [0.3, 0.4) is 0 Å². The molecule has 1 saturated carbocycles. The van der Waals surface area contributed by atoms with Gasteiger partial charge in [-0.25, -0.2) is 0 Å². The van der Waals surface area contributed by atoms with Crippen LogP contribution in [0.5, 0.6) is 5.75 Å². The Morgan fingerprint density at radius 3 is 2.73 bits per heavy atom. The van der Waals surface area contributed by atoms with Crippen molar-refractivity contribution in [2.45, 2.75) is 76.6 Å². The van der Waals surface area contributed by atoms with E-state index in [9.17, 15) is 14.4 Å². The van der Waals surface area contributed by atoms with Crippen molar-refractivity contribution < 1.29 is 23.9 Å². The monoisotopic (exact) mass is 455 g/mol. The molecule has 1 aromatic carbocycles. The van der Waals surface area contributed by atoms with Crippen LogP contribution in [0.25, 0.3) is 0 Å². The average molecular weight is 456 g/mol. The molecule has 0 bridgehead atoms. The molecule has 1 aliphatic carbocycles. The molecular weight excluding hydrogens is 422 g/mol. The van der Waals surface area contributed by atoms with Gasteiger partial charge in [-0.2, -0.15) is 0 Å². The van der Waals surface area contributed by atoms with Crippen molar-refractivity contribution in [1.29, 1.82) is 0 Å². The van der Waals surface area contributed by atoms with Gasteiger partial charge in [-0.1, -0.05) is 19.8 Å². The largest absolute Gasteiger partial charge is 0.489 e. The van der Waals surface area contributed by atoms with Gasteiger partial charge in [0.2, 0.25) is 11.8 Å². The second-order valence-electron chi connectivity index (χ2n) is 10.3. The Labute approximate surface area is 194 Å². The standard InChI is InChI=1S/C25H33N3O5/c1-25(14-32-15-25)13-26-19-5-3-2-4-6-21(19)33-17-7-8-18-16(11-17)12-28(24(18)31)20-9-10-22(29)27-23(20)30/h7-8,11,19-21,26H,2-6,9-10,12-15H2,1H3,(H,27,29,30)/t19-,20?,21+/m0/s1. The van der Waals surface area contributed by atoms with Gasteiger partial charge in [0, 0.05) is 36.5 Å². The molecule has 2 saturated heterocycles. The first kappa shape index (κ1) is 22.3. The SMILES string of the molecule is CC1(CN[C@H]2CCCCC[C@H]2Oc2ccc3c(c2)CN(C2CCC(=O)NC2=O)C3=O)COC1. The van der Waals surface area contributed by atoms with E-state index >= 15 is 0 Å². The van der Waals surface area contributed by atoms with Crippen LogP contribution in [0, 0.1) is 5.41 Å². The number of ether oxygens (including phenoxy) is 2. The second-order valence-corrected chi connectivity index (χ2v) is 10.3. The van der Waals surface area contributed by atoms with Gasteiger partial charge in [-0.05, 0) is 49.4 Å². The number of carbonyl (C=O) groups is 3. The van der Waals surface area contributed by atoms with Crippen molar-refractivity contribution in [1.82, 2.24) is 15.5 Å². The molecule has 1 aromatic rings. The third kappa shape index (κ3) is 4.64. The molecule has 33 heavy (non-hydrogen) atoms. The Morgan fingerprint density at radius 2 is 1.97 bits per heavy atom. The fourth-order valence-corrected chi connectivity index (χ4v) is 5.38. The molecule has 1 unspecified atom stereocenters. The number of carbonyl (C=O) groups excluding carboxylic acids is 3. The Bertz CT molecular complexity index is 944. The van der Waals surface area contributed by atoms with Crippen LogP contribution < -0.4 is 15.4 Å². The summed E-state index contributed by atoms with van der Waals surface area (Å²) in [6.07, 6.45) is 6.37. The fraction of sp³-hybridized carbons (Fsp3) is 0.640. The Hall–Kier alpha value is -2.45. The van der Waals surface area contributed by atoms with Gasteiger partial charge in [0.25, 0.3) is 5.91 Å². The van der Waals surface area contributed by atoms with E-state index in [2.05, 4.69) is 17.6 Å². The maximum absolute atomic E-state index is 12.9. The number of benzene rings is 1. The molecular formula is C25H33N3O5. The molecule has 0 spiro atoms. The predicted molar refractivity (Wildman–Crippen MR) is 121 cm³/mol. The summed E-state index contributed by atoms with van der Waals surface area (Å²) in [5.74, 6) is -0.0529. The normalized spacial score (nSPS) is 29.2. The van der Waals surface area contributed by atoms with Gasteiger partial charge in [0.1, 0.15) is 17.9 Å². The van der Waals surface area contributed by atoms with Crippen LogP contribution in [0.15, 0.2) is 18.2 Å². The zero-order valence-electron chi connectivity index (χ0n) is 19.2. The van der Waals surface area contributed by atoms with E-state index in [1.165, 1.54) is 12.8 Å². The van der Waals surface area contributed by atoms with E-state index in [4.69, 9.17) is 9.47 Å². The molecule has 8 heteroatoms. The second kappa shape index (κ2) is 9.06. The zero-order chi connectivity index (χ0) is 23.0. The molecule has 3 atom stereocenters. The summed E-state index contributed by atoms with van der Waals surface area (Å²) in [5, 5.41) is 6.10. The summed E-state index contributed by atoms with van der Waals surface area (Å²) in [5.41, 5.74) is 1.70. The number of hydrogen-bond donors (Lipinski definition) is 2. The smallest absolute Gasteiger partial charge is 0.255 e. The van der Waals surface area contributed by atoms with Gasteiger partial charge in [-0.3, -0.25) is 19.7 Å². The molecule has 3 aliphatic heterocycles. The van der Waals surface area contributed by atoms with E-state index in [1.807, 2.05) is 18.2 Å². The minimum atomic E-state index is -0.598. The van der Waals surface area contributed by atoms with E-state index < -0.39 is 6.04 Å². The Kier molecular flexibility index (Phi) is 6.14. The average Bonchev–Trinajstić information content (AvgIpc) is 2.93. The highest BCUT2D eigenvalue weighted by molar-refractivity contribution is 6.05. The third-order valence-electron chi connectivity index (χ3n) is 7.43. The summed E-state index contributed by atoms with van der Waals surface area (Å²) >= 11 is 0. The number of nitrogens with zero attached hydrogens (tertiary/aromatic N) is 1. The highest BCUT2D eigenvalue weighted by Gasteiger charge is 2.39. The van der Waals surface area contributed by atoms with Gasteiger partial charge in [0.05, 0.1) is 13.2 Å². The van der Waals surface area contributed by atoms with Gasteiger partial charge < -0.3 is 19.7 Å². The number of amides is 3. The highest BCUT2D eigenvalue weighted by atomic mass is 16.5. The minimum absolute atomic E-state index is 0.0819. The first-order chi connectivity index (χ1) is 15.9. The number of nitrogens with one attached hydrogen (secondary N) is 2. The summed E-state index contributed by atoms with van der Waals surface area (Å²) in [6.45, 7) is 5.16. The summed E-state index contributed by atoms with van der Waals surface area (Å²) < 4.78 is 11.9. The summed E-state index contributed by atoms with van der Waals surface area (Å²) in [4.78, 5) is 38.3. The lowest BCUT2D eigenvalue weighted by atomic mass is 9.88. The van der Waals surface area contributed by atoms with Crippen LogP contribution in [-0.2, 0) is 20.9 Å². The van der Waals surface area contributed by atoms with E-state index in [0.29, 0.717) is 24.6 Å². The maximum atomic E-state index is 12.9. The number of hydrogen-bond acceptors (Lipinski definition) is 6. The zero-order valence-corrected chi connectivity index (χ0v) is 19.2. The molecule has 5 rings (SSSR count). The Morgan fingerprint density at radius 1 is 1.15 bits per heavy atom. The fourth-order valence-electron chi connectivity index (χ4n) is 5.38. The molecule has 3 amide bonds. The summed E-state index contributed by atoms with van der Waals surface area (Å²) in [7, 11) is 0. The van der Waals surface area contributed by atoms with Crippen molar-refractivity contribution in [3.05, 3.63) is 29.3 Å². The minimum Gasteiger partial charge on any atom is -0.489 e. The van der Waals surface area contributed by atoms with Crippen molar-refractivity contribution in [2.24, 2.45) is 5.41 Å². The molecule has 3 fully saturated rings. The topological polar surface area (TPSA) is 97.0 Å². The van der Waals surface area contributed by atoms with Crippen LogP contribution >= 0.6 is 0 Å². The third-order valence-corrected chi connectivity index (χ3v) is 7.43. The van der Waals surface area contributed by atoms with Crippen molar-refractivity contribution in [3.8, 4) is 5.75 Å². The maximum Gasteiger partial charge on any atom is 0.255 e. The van der Waals surface area contributed by atoms with E-state index in [1.54, 1.807) is 4.90 Å².